The van der Waals surface area contributed by atoms with Crippen LogP contribution >= 0.6 is 0 Å². The second-order valence-electron chi connectivity index (χ2n) is 9.46. The SMILES string of the molecule is CCOC1(OCC)CC[C@@]2(Cc3cccc(N(C)C)c3)c3ccc(O)cc3CC[C@@H]2C1. The molecule has 0 bridgehead atoms. The fraction of sp³-hybridized carbons (Fsp3) is 0.556. The van der Waals surface area contributed by atoms with Gasteiger partial charge in [0.25, 0.3) is 0 Å². The highest BCUT2D eigenvalue weighted by molar-refractivity contribution is 5.49. The van der Waals surface area contributed by atoms with E-state index in [1.54, 1.807) is 0 Å². The number of ether oxygens (including phenoxy) is 2. The topological polar surface area (TPSA) is 41.9 Å². The normalized spacial score (nSPS) is 24.3. The zero-order valence-electron chi connectivity index (χ0n) is 19.5. The minimum atomic E-state index is -0.461. The number of benzene rings is 2. The minimum absolute atomic E-state index is 0.0456. The maximum Gasteiger partial charge on any atom is 0.168 e. The Balaban J connectivity index is 1.76. The van der Waals surface area contributed by atoms with Crippen LogP contribution in [0.5, 0.6) is 5.75 Å². The molecule has 2 aromatic carbocycles. The summed E-state index contributed by atoms with van der Waals surface area (Å²) in [5.41, 5.74) is 5.38. The van der Waals surface area contributed by atoms with E-state index in [9.17, 15) is 5.11 Å². The van der Waals surface area contributed by atoms with E-state index in [2.05, 4.69) is 63.2 Å². The molecule has 168 valence electrons. The smallest absolute Gasteiger partial charge is 0.168 e. The number of anilines is 1. The van der Waals surface area contributed by atoms with Crippen LogP contribution in [0, 0.1) is 5.92 Å². The predicted octanol–water partition coefficient (Wildman–Crippen LogP) is 5.45. The highest BCUT2D eigenvalue weighted by atomic mass is 16.7. The summed E-state index contributed by atoms with van der Waals surface area (Å²) in [7, 11) is 4.19. The number of rotatable bonds is 7. The third-order valence-electron chi connectivity index (χ3n) is 7.44. The molecule has 0 heterocycles. The second-order valence-corrected chi connectivity index (χ2v) is 9.46. The van der Waals surface area contributed by atoms with Gasteiger partial charge >= 0.3 is 0 Å². The molecule has 2 aliphatic carbocycles. The fourth-order valence-electron chi connectivity index (χ4n) is 6.09. The van der Waals surface area contributed by atoms with Crippen molar-refractivity contribution in [1.82, 2.24) is 0 Å². The van der Waals surface area contributed by atoms with Gasteiger partial charge in [0.2, 0.25) is 0 Å². The predicted molar refractivity (Wildman–Crippen MR) is 126 cm³/mol. The molecule has 1 N–H and O–H groups in total. The Labute approximate surface area is 187 Å². The molecule has 0 unspecified atom stereocenters. The van der Waals surface area contributed by atoms with Crippen LogP contribution in [0.15, 0.2) is 42.5 Å². The molecule has 0 spiro atoms. The Morgan fingerprint density at radius 3 is 2.52 bits per heavy atom. The number of aryl methyl sites for hydroxylation is 1. The van der Waals surface area contributed by atoms with Crippen molar-refractivity contribution < 1.29 is 14.6 Å². The van der Waals surface area contributed by atoms with E-state index < -0.39 is 5.79 Å². The molecule has 1 saturated carbocycles. The van der Waals surface area contributed by atoms with Crippen LogP contribution in [-0.2, 0) is 27.7 Å². The van der Waals surface area contributed by atoms with Gasteiger partial charge in [-0.05, 0) is 86.4 Å². The van der Waals surface area contributed by atoms with Crippen LogP contribution in [-0.4, -0.2) is 38.2 Å². The van der Waals surface area contributed by atoms with Gasteiger partial charge in [-0.25, -0.2) is 0 Å². The largest absolute Gasteiger partial charge is 0.508 e. The van der Waals surface area contributed by atoms with Crippen molar-refractivity contribution in [1.29, 1.82) is 0 Å². The van der Waals surface area contributed by atoms with Gasteiger partial charge in [-0.1, -0.05) is 18.2 Å². The first kappa shape index (κ1) is 22.2. The molecule has 0 aliphatic heterocycles. The quantitative estimate of drug-likeness (QED) is 0.601. The van der Waals surface area contributed by atoms with Crippen molar-refractivity contribution in [2.24, 2.45) is 5.92 Å². The van der Waals surface area contributed by atoms with Crippen LogP contribution in [0.3, 0.4) is 0 Å². The first-order valence-corrected chi connectivity index (χ1v) is 11.8. The average molecular weight is 424 g/mol. The zero-order valence-corrected chi connectivity index (χ0v) is 19.5. The Kier molecular flexibility index (Phi) is 6.32. The van der Waals surface area contributed by atoms with Crippen LogP contribution in [0.1, 0.15) is 56.2 Å². The van der Waals surface area contributed by atoms with E-state index in [-0.39, 0.29) is 5.41 Å². The highest BCUT2D eigenvalue weighted by Gasteiger charge is 2.53. The van der Waals surface area contributed by atoms with Gasteiger partial charge < -0.3 is 19.5 Å². The summed E-state index contributed by atoms with van der Waals surface area (Å²) >= 11 is 0. The van der Waals surface area contributed by atoms with E-state index in [1.165, 1.54) is 22.4 Å². The van der Waals surface area contributed by atoms with E-state index >= 15 is 0 Å². The third-order valence-corrected chi connectivity index (χ3v) is 7.44. The van der Waals surface area contributed by atoms with E-state index in [1.807, 2.05) is 12.1 Å². The van der Waals surface area contributed by atoms with Crippen molar-refractivity contribution in [3.05, 3.63) is 59.2 Å². The lowest BCUT2D eigenvalue weighted by atomic mass is 9.54. The van der Waals surface area contributed by atoms with Gasteiger partial charge in [-0.15, -0.1) is 0 Å². The molecule has 1 fully saturated rings. The molecule has 0 radical (unpaired) electrons. The lowest BCUT2D eigenvalue weighted by molar-refractivity contribution is -0.264. The van der Waals surface area contributed by atoms with E-state index in [0.29, 0.717) is 24.9 Å². The molecule has 4 rings (SSSR count). The molecule has 31 heavy (non-hydrogen) atoms. The third kappa shape index (κ3) is 4.20. The van der Waals surface area contributed by atoms with Gasteiger partial charge in [0, 0.05) is 51.3 Å². The van der Waals surface area contributed by atoms with Gasteiger partial charge in [0.1, 0.15) is 5.75 Å². The number of hydrogen-bond donors (Lipinski definition) is 1. The van der Waals surface area contributed by atoms with Gasteiger partial charge in [0.05, 0.1) is 0 Å². The molecular formula is C27H37NO3. The van der Waals surface area contributed by atoms with Crippen LogP contribution in [0.4, 0.5) is 5.69 Å². The van der Waals surface area contributed by atoms with Crippen molar-refractivity contribution in [2.45, 2.75) is 63.6 Å². The summed E-state index contributed by atoms with van der Waals surface area (Å²) in [6.45, 7) is 5.48. The zero-order chi connectivity index (χ0) is 22.1. The van der Waals surface area contributed by atoms with Crippen LogP contribution in [0.2, 0.25) is 0 Å². The standard InChI is InChI=1S/C27H37NO3/c1-5-30-27(31-6-2)15-14-26(18-20-8-7-9-23(16-20)28(3)4)22(19-27)11-10-21-17-24(29)12-13-25(21)26/h7-9,12-13,16-17,22,29H,5-6,10-11,14-15,18-19H2,1-4H3/t22-,26+/m1/s1. The summed E-state index contributed by atoms with van der Waals surface area (Å²) in [5.74, 6) is 0.396. The summed E-state index contributed by atoms with van der Waals surface area (Å²) in [5, 5.41) is 10.1. The summed E-state index contributed by atoms with van der Waals surface area (Å²) in [4.78, 5) is 2.17. The number of phenols is 1. The lowest BCUT2D eigenvalue weighted by Gasteiger charge is -2.54. The molecule has 0 saturated heterocycles. The van der Waals surface area contributed by atoms with Crippen molar-refractivity contribution in [3.8, 4) is 5.75 Å². The number of hydrogen-bond acceptors (Lipinski definition) is 4. The van der Waals surface area contributed by atoms with Crippen molar-refractivity contribution >= 4 is 5.69 Å². The van der Waals surface area contributed by atoms with Crippen LogP contribution in [0.25, 0.3) is 0 Å². The fourth-order valence-corrected chi connectivity index (χ4v) is 6.09. The van der Waals surface area contributed by atoms with E-state index in [0.717, 1.165) is 38.5 Å². The molecule has 2 aliphatic rings. The van der Waals surface area contributed by atoms with Gasteiger partial charge in [-0.3, -0.25) is 0 Å². The molecular weight excluding hydrogens is 386 g/mol. The van der Waals surface area contributed by atoms with Crippen molar-refractivity contribution in [2.75, 3.05) is 32.2 Å². The van der Waals surface area contributed by atoms with Crippen LogP contribution < -0.4 is 4.90 Å². The van der Waals surface area contributed by atoms with Crippen molar-refractivity contribution in [3.63, 3.8) is 0 Å². The monoisotopic (exact) mass is 423 g/mol. The Bertz CT molecular complexity index is 903. The summed E-state index contributed by atoms with van der Waals surface area (Å²) < 4.78 is 12.5. The number of fused-ring (bicyclic) bond motifs is 3. The second kappa shape index (κ2) is 8.84. The first-order chi connectivity index (χ1) is 14.9. The maximum absolute atomic E-state index is 10.1. The number of aromatic hydroxyl groups is 1. The molecule has 4 heteroatoms. The molecule has 2 aromatic rings. The highest BCUT2D eigenvalue weighted by Crippen LogP contribution is 2.55. The Morgan fingerprint density at radius 1 is 1.03 bits per heavy atom. The summed E-state index contributed by atoms with van der Waals surface area (Å²) in [6.07, 6.45) is 5.97. The summed E-state index contributed by atoms with van der Waals surface area (Å²) in [6, 6.07) is 15.0. The average Bonchev–Trinajstić information content (AvgIpc) is 2.74. The number of phenolic OH excluding ortho intramolecular Hbond substituents is 1. The minimum Gasteiger partial charge on any atom is -0.508 e. The van der Waals surface area contributed by atoms with Gasteiger partial charge in [-0.2, -0.15) is 0 Å². The van der Waals surface area contributed by atoms with Gasteiger partial charge in [0.15, 0.2) is 5.79 Å². The maximum atomic E-state index is 10.1. The molecule has 4 nitrogen and oxygen atoms in total. The Morgan fingerprint density at radius 2 is 1.81 bits per heavy atom. The van der Waals surface area contributed by atoms with E-state index in [4.69, 9.17) is 9.47 Å². The lowest BCUT2D eigenvalue weighted by Crippen LogP contribution is -2.53. The first-order valence-electron chi connectivity index (χ1n) is 11.8. The molecule has 2 atom stereocenters. The molecule has 0 aromatic heterocycles. The Hall–Kier alpha value is -2.04. The molecule has 0 amide bonds. The number of nitrogens with zero attached hydrogens (tertiary/aromatic N) is 1.